The molecular weight excluding hydrogens is 402 g/mol. The summed E-state index contributed by atoms with van der Waals surface area (Å²) in [6.45, 7) is 4.87. The summed E-state index contributed by atoms with van der Waals surface area (Å²) < 4.78 is 0. The van der Waals surface area contributed by atoms with Gasteiger partial charge >= 0.3 is 6.09 Å². The molecule has 0 radical (unpaired) electrons. The second-order valence-corrected chi connectivity index (χ2v) is 8.07. The van der Waals surface area contributed by atoms with Crippen LogP contribution in [0.25, 0.3) is 22.2 Å². The van der Waals surface area contributed by atoms with E-state index in [9.17, 15) is 14.7 Å². The average molecular weight is 424 g/mol. The van der Waals surface area contributed by atoms with Gasteiger partial charge in [-0.3, -0.25) is 4.79 Å². The van der Waals surface area contributed by atoms with Crippen LogP contribution in [0.5, 0.6) is 0 Å². The number of pyridine rings is 1. The summed E-state index contributed by atoms with van der Waals surface area (Å²) in [7, 11) is 0. The zero-order chi connectivity index (χ0) is 21.4. The van der Waals surface area contributed by atoms with Crippen molar-refractivity contribution in [3.05, 3.63) is 64.7 Å². The van der Waals surface area contributed by atoms with Crippen LogP contribution in [0, 0.1) is 6.92 Å². The van der Waals surface area contributed by atoms with Crippen LogP contribution in [0.4, 0.5) is 4.79 Å². The number of benzene rings is 2. The van der Waals surface area contributed by atoms with Crippen LogP contribution >= 0.6 is 11.6 Å². The van der Waals surface area contributed by atoms with Crippen molar-refractivity contribution in [1.29, 1.82) is 0 Å². The van der Waals surface area contributed by atoms with Gasteiger partial charge in [0.25, 0.3) is 5.91 Å². The minimum absolute atomic E-state index is 0.132. The van der Waals surface area contributed by atoms with E-state index in [4.69, 9.17) is 16.6 Å². The average Bonchev–Trinajstić information content (AvgIpc) is 2.73. The smallest absolute Gasteiger partial charge is 0.407 e. The number of carboxylic acid groups (broad SMARTS) is 1. The Morgan fingerprint density at radius 3 is 2.50 bits per heavy atom. The lowest BCUT2D eigenvalue weighted by Gasteiger charge is -2.38. The van der Waals surface area contributed by atoms with Gasteiger partial charge in [-0.2, -0.15) is 0 Å². The SMILES string of the molecule is Cc1ccc(-c2cc(Cl)c3ccc(C(=O)N4CCN(C(=O)O)[C@H](C)C4)cc3n2)cc1. The van der Waals surface area contributed by atoms with Gasteiger partial charge in [-0.25, -0.2) is 9.78 Å². The van der Waals surface area contributed by atoms with E-state index in [0.29, 0.717) is 35.7 Å². The van der Waals surface area contributed by atoms with Crippen LogP contribution in [0.2, 0.25) is 5.02 Å². The van der Waals surface area contributed by atoms with E-state index >= 15 is 0 Å². The lowest BCUT2D eigenvalue weighted by atomic mass is 10.1. The number of carbonyl (C=O) groups excluding carboxylic acids is 1. The Hall–Kier alpha value is -3.12. The maximum absolute atomic E-state index is 13.0. The monoisotopic (exact) mass is 423 g/mol. The number of hydrogen-bond acceptors (Lipinski definition) is 3. The van der Waals surface area contributed by atoms with Gasteiger partial charge in [-0.05, 0) is 32.0 Å². The zero-order valence-electron chi connectivity index (χ0n) is 16.8. The molecule has 4 rings (SSSR count). The number of nitrogens with zero attached hydrogens (tertiary/aromatic N) is 3. The quantitative estimate of drug-likeness (QED) is 0.649. The van der Waals surface area contributed by atoms with E-state index < -0.39 is 6.09 Å². The van der Waals surface area contributed by atoms with Gasteiger partial charge in [-0.1, -0.05) is 47.5 Å². The van der Waals surface area contributed by atoms with Gasteiger partial charge in [-0.15, -0.1) is 0 Å². The summed E-state index contributed by atoms with van der Waals surface area (Å²) in [6.07, 6.45) is -0.956. The molecule has 154 valence electrons. The molecule has 1 atom stereocenters. The first kappa shape index (κ1) is 20.2. The molecule has 1 aromatic heterocycles. The standard InChI is InChI=1S/C23H22ClN3O3/c1-14-3-5-16(6-4-14)20-12-19(24)18-8-7-17(11-21(18)25-20)22(28)26-9-10-27(23(29)30)15(2)13-26/h3-8,11-12,15H,9-10,13H2,1-2H3,(H,29,30)/t15-/m1/s1. The normalized spacial score (nSPS) is 16.7. The fourth-order valence-corrected chi connectivity index (χ4v) is 4.06. The van der Waals surface area contributed by atoms with Crippen LogP contribution in [0.1, 0.15) is 22.8 Å². The Morgan fingerprint density at radius 2 is 1.83 bits per heavy atom. The second kappa shape index (κ2) is 7.95. The fourth-order valence-electron chi connectivity index (χ4n) is 3.80. The number of halogens is 1. The van der Waals surface area contributed by atoms with Crippen molar-refractivity contribution in [2.24, 2.45) is 0 Å². The third-order valence-corrected chi connectivity index (χ3v) is 5.83. The molecule has 1 aliphatic heterocycles. The van der Waals surface area contributed by atoms with Crippen LogP contribution < -0.4 is 0 Å². The maximum Gasteiger partial charge on any atom is 0.407 e. The van der Waals surface area contributed by atoms with Crippen molar-refractivity contribution in [3.8, 4) is 11.3 Å². The Morgan fingerprint density at radius 1 is 1.10 bits per heavy atom. The van der Waals surface area contributed by atoms with Crippen LogP contribution in [0.3, 0.4) is 0 Å². The largest absolute Gasteiger partial charge is 0.465 e. The molecule has 1 fully saturated rings. The maximum atomic E-state index is 13.0. The molecule has 3 aromatic rings. The molecule has 0 spiro atoms. The van der Waals surface area contributed by atoms with Gasteiger partial charge in [0.1, 0.15) is 0 Å². The van der Waals surface area contributed by atoms with Gasteiger partial charge in [0.2, 0.25) is 0 Å². The van der Waals surface area contributed by atoms with Crippen molar-refractivity contribution in [1.82, 2.24) is 14.8 Å². The van der Waals surface area contributed by atoms with Crippen molar-refractivity contribution in [2.45, 2.75) is 19.9 Å². The number of piperazine rings is 1. The van der Waals surface area contributed by atoms with E-state index in [-0.39, 0.29) is 11.9 Å². The molecule has 2 heterocycles. The molecule has 1 saturated heterocycles. The minimum atomic E-state index is -0.956. The number of aromatic nitrogens is 1. The molecule has 7 heteroatoms. The predicted molar refractivity (Wildman–Crippen MR) is 117 cm³/mol. The molecule has 2 aromatic carbocycles. The Bertz CT molecular complexity index is 1130. The van der Waals surface area contributed by atoms with Crippen LogP contribution in [-0.4, -0.2) is 57.6 Å². The Kier molecular flexibility index (Phi) is 5.35. The van der Waals surface area contributed by atoms with Gasteiger partial charge in [0, 0.05) is 42.2 Å². The highest BCUT2D eigenvalue weighted by molar-refractivity contribution is 6.35. The first-order chi connectivity index (χ1) is 14.3. The summed E-state index contributed by atoms with van der Waals surface area (Å²) in [5.41, 5.74) is 4.04. The molecule has 0 saturated carbocycles. The van der Waals surface area contributed by atoms with Crippen molar-refractivity contribution >= 4 is 34.5 Å². The van der Waals surface area contributed by atoms with E-state index in [1.54, 1.807) is 17.0 Å². The predicted octanol–water partition coefficient (Wildman–Crippen LogP) is 4.69. The second-order valence-electron chi connectivity index (χ2n) is 7.66. The van der Waals surface area contributed by atoms with Gasteiger partial charge in [0.05, 0.1) is 16.2 Å². The molecule has 0 bridgehead atoms. The third kappa shape index (κ3) is 3.83. The van der Waals surface area contributed by atoms with Crippen LogP contribution in [-0.2, 0) is 0 Å². The Balaban J connectivity index is 1.64. The molecule has 1 N–H and O–H groups in total. The molecule has 6 nitrogen and oxygen atoms in total. The van der Waals surface area contributed by atoms with Gasteiger partial charge < -0.3 is 14.9 Å². The molecular formula is C23H22ClN3O3. The highest BCUT2D eigenvalue weighted by atomic mass is 35.5. The molecule has 1 aliphatic rings. The summed E-state index contributed by atoms with van der Waals surface area (Å²) in [6, 6.07) is 14.9. The van der Waals surface area contributed by atoms with E-state index in [1.165, 1.54) is 4.90 Å². The zero-order valence-corrected chi connectivity index (χ0v) is 17.6. The van der Waals surface area contributed by atoms with Crippen molar-refractivity contribution in [2.75, 3.05) is 19.6 Å². The summed E-state index contributed by atoms with van der Waals surface area (Å²) >= 11 is 6.49. The summed E-state index contributed by atoms with van der Waals surface area (Å²) in [5.74, 6) is -0.132. The number of carbonyl (C=O) groups is 2. The van der Waals surface area contributed by atoms with Crippen molar-refractivity contribution < 1.29 is 14.7 Å². The molecule has 0 unspecified atom stereocenters. The number of aryl methyl sites for hydroxylation is 1. The van der Waals surface area contributed by atoms with E-state index in [1.807, 2.05) is 50.2 Å². The summed E-state index contributed by atoms with van der Waals surface area (Å²) in [5, 5.41) is 10.6. The number of rotatable bonds is 2. The molecule has 2 amide bonds. The lowest BCUT2D eigenvalue weighted by Crippen LogP contribution is -2.55. The fraction of sp³-hybridized carbons (Fsp3) is 0.261. The topological polar surface area (TPSA) is 73.7 Å². The molecule has 30 heavy (non-hydrogen) atoms. The molecule has 0 aliphatic carbocycles. The number of fused-ring (bicyclic) bond motifs is 1. The number of amides is 2. The third-order valence-electron chi connectivity index (χ3n) is 5.51. The summed E-state index contributed by atoms with van der Waals surface area (Å²) in [4.78, 5) is 32.1. The highest BCUT2D eigenvalue weighted by Crippen LogP contribution is 2.29. The first-order valence-electron chi connectivity index (χ1n) is 9.79. The first-order valence-corrected chi connectivity index (χ1v) is 10.2. The highest BCUT2D eigenvalue weighted by Gasteiger charge is 2.30. The minimum Gasteiger partial charge on any atom is -0.465 e. The lowest BCUT2D eigenvalue weighted by molar-refractivity contribution is 0.0507. The Labute approximate surface area is 179 Å². The van der Waals surface area contributed by atoms with E-state index in [0.717, 1.165) is 22.2 Å². The van der Waals surface area contributed by atoms with Crippen molar-refractivity contribution in [3.63, 3.8) is 0 Å². The van der Waals surface area contributed by atoms with Crippen LogP contribution in [0.15, 0.2) is 48.5 Å². The number of hydrogen-bond donors (Lipinski definition) is 1. The van der Waals surface area contributed by atoms with Gasteiger partial charge in [0.15, 0.2) is 0 Å². The van der Waals surface area contributed by atoms with E-state index in [2.05, 4.69) is 0 Å².